The van der Waals surface area contributed by atoms with Gasteiger partial charge in [0, 0.05) is 28.3 Å². The zero-order chi connectivity index (χ0) is 35.1. The van der Waals surface area contributed by atoms with Crippen molar-refractivity contribution in [3.8, 4) is 35.2 Å². The second kappa shape index (κ2) is 18.4. The topological polar surface area (TPSA) is 44.8 Å². The van der Waals surface area contributed by atoms with Gasteiger partial charge in [0.1, 0.15) is 11.5 Å². The number of rotatable bonds is 14. The van der Waals surface area contributed by atoms with Crippen LogP contribution in [0.15, 0.2) is 104 Å². The van der Waals surface area contributed by atoms with Gasteiger partial charge in [-0.1, -0.05) is 87.1 Å². The van der Waals surface area contributed by atoms with Gasteiger partial charge in [-0.25, -0.2) is 4.79 Å². The van der Waals surface area contributed by atoms with Gasteiger partial charge in [-0.05, 0) is 127 Å². The summed E-state index contributed by atoms with van der Waals surface area (Å²) in [5, 5.41) is 4.57. The van der Waals surface area contributed by atoms with Crippen LogP contribution >= 0.6 is 0 Å². The number of esters is 1. The lowest BCUT2D eigenvalue weighted by Gasteiger charge is -2.10. The number of hydrogen-bond acceptors (Lipinski definition) is 4. The Morgan fingerprint density at radius 3 is 1.80 bits per heavy atom. The molecule has 50 heavy (non-hydrogen) atoms. The maximum absolute atomic E-state index is 11.0. The molecule has 0 aliphatic rings. The Morgan fingerprint density at radius 1 is 0.640 bits per heavy atom. The monoisotopic (exact) mass is 662 g/mol. The van der Waals surface area contributed by atoms with Crippen LogP contribution in [0.1, 0.15) is 87.1 Å². The summed E-state index contributed by atoms with van der Waals surface area (Å²) in [6, 6.07) is 31.3. The number of hydrogen-bond donors (Lipinski definition) is 0. The summed E-state index contributed by atoms with van der Waals surface area (Å²) in [5.74, 6) is 14.9. The van der Waals surface area contributed by atoms with Gasteiger partial charge in [-0.2, -0.15) is 0 Å². The zero-order valence-electron chi connectivity index (χ0n) is 29.5. The number of benzene rings is 5. The van der Waals surface area contributed by atoms with Crippen LogP contribution in [-0.2, 0) is 16.0 Å². The lowest BCUT2D eigenvalue weighted by molar-refractivity contribution is -0.137. The minimum absolute atomic E-state index is 0.149. The first-order valence-electron chi connectivity index (χ1n) is 17.7. The Bertz CT molecular complexity index is 2070. The van der Waals surface area contributed by atoms with Gasteiger partial charge in [0.05, 0.1) is 19.3 Å². The van der Waals surface area contributed by atoms with Gasteiger partial charge in [0.15, 0.2) is 0 Å². The Labute approximate surface area is 297 Å². The van der Waals surface area contributed by atoms with E-state index in [2.05, 4.69) is 116 Å². The highest BCUT2D eigenvalue weighted by atomic mass is 16.5. The predicted octanol–water partition coefficient (Wildman–Crippen LogP) is 10.6. The fourth-order valence-electron chi connectivity index (χ4n) is 5.74. The molecule has 0 spiro atoms. The summed E-state index contributed by atoms with van der Waals surface area (Å²) in [6.07, 6.45) is 8.63. The average Bonchev–Trinajstić information content (AvgIpc) is 3.13. The highest BCUT2D eigenvalue weighted by Gasteiger charge is 2.04. The number of carbonyl (C=O) groups excluding carboxylic acids is 1. The van der Waals surface area contributed by atoms with Crippen LogP contribution in [-0.4, -0.2) is 25.3 Å². The van der Waals surface area contributed by atoms with E-state index in [4.69, 9.17) is 14.2 Å². The van der Waals surface area contributed by atoms with Crippen LogP contribution in [0.25, 0.3) is 21.5 Å². The smallest absolute Gasteiger partial charge is 0.330 e. The van der Waals surface area contributed by atoms with Crippen LogP contribution in [0.4, 0.5) is 0 Å². The molecular formula is C46H46O4. The molecule has 0 radical (unpaired) electrons. The fourth-order valence-corrected chi connectivity index (χ4v) is 5.74. The summed E-state index contributed by atoms with van der Waals surface area (Å²) in [6.45, 7) is 10.8. The van der Waals surface area contributed by atoms with Crippen molar-refractivity contribution in [3.05, 3.63) is 131 Å². The second-order valence-corrected chi connectivity index (χ2v) is 12.7. The fraction of sp³-hybridized carbons (Fsp3) is 0.283. The van der Waals surface area contributed by atoms with Gasteiger partial charge >= 0.3 is 5.97 Å². The summed E-state index contributed by atoms with van der Waals surface area (Å²) in [4.78, 5) is 11.0. The third kappa shape index (κ3) is 10.8. The Hall–Kier alpha value is -5.45. The van der Waals surface area contributed by atoms with Gasteiger partial charge in [-0.15, -0.1) is 0 Å². The lowest BCUT2D eigenvalue weighted by Crippen LogP contribution is -2.05. The van der Waals surface area contributed by atoms with E-state index in [-0.39, 0.29) is 12.1 Å². The number of carbonyl (C=O) groups is 1. The molecule has 254 valence electrons. The van der Waals surface area contributed by atoms with Gasteiger partial charge in [0.25, 0.3) is 0 Å². The molecule has 0 N–H and O–H groups in total. The highest BCUT2D eigenvalue weighted by molar-refractivity contribution is 5.86. The molecule has 4 heteroatoms. The van der Waals surface area contributed by atoms with E-state index in [1.807, 2.05) is 26.0 Å². The van der Waals surface area contributed by atoms with Crippen LogP contribution in [0.3, 0.4) is 0 Å². The van der Waals surface area contributed by atoms with Crippen molar-refractivity contribution in [3.63, 3.8) is 0 Å². The molecule has 0 aliphatic heterocycles. The highest BCUT2D eigenvalue weighted by Crippen LogP contribution is 2.24. The number of fused-ring (bicyclic) bond motifs is 2. The molecule has 0 heterocycles. The van der Waals surface area contributed by atoms with Crippen molar-refractivity contribution >= 4 is 27.5 Å². The molecule has 0 atom stereocenters. The van der Waals surface area contributed by atoms with E-state index in [0.29, 0.717) is 13.2 Å². The summed E-state index contributed by atoms with van der Waals surface area (Å²) < 4.78 is 16.9. The van der Waals surface area contributed by atoms with Crippen LogP contribution in [0.2, 0.25) is 0 Å². The zero-order valence-corrected chi connectivity index (χ0v) is 29.5. The minimum Gasteiger partial charge on any atom is -0.494 e. The molecule has 0 amide bonds. The first kappa shape index (κ1) is 35.8. The normalized spacial score (nSPS) is 10.6. The van der Waals surface area contributed by atoms with Crippen LogP contribution < -0.4 is 9.47 Å². The lowest BCUT2D eigenvalue weighted by atomic mass is 10.0. The maximum Gasteiger partial charge on any atom is 0.330 e. The van der Waals surface area contributed by atoms with E-state index in [9.17, 15) is 4.79 Å². The molecule has 0 saturated carbocycles. The molecule has 0 bridgehead atoms. The van der Waals surface area contributed by atoms with Crippen LogP contribution in [0.5, 0.6) is 11.5 Å². The second-order valence-electron chi connectivity index (χ2n) is 12.7. The molecule has 4 nitrogen and oxygen atoms in total. The molecule has 0 unspecified atom stereocenters. The molecule has 5 rings (SSSR count). The van der Waals surface area contributed by atoms with Gasteiger partial charge in [0.2, 0.25) is 0 Å². The Morgan fingerprint density at radius 2 is 1.16 bits per heavy atom. The van der Waals surface area contributed by atoms with Crippen LogP contribution in [0, 0.1) is 23.7 Å². The first-order chi connectivity index (χ1) is 24.4. The average molecular weight is 663 g/mol. The quantitative estimate of drug-likeness (QED) is 0.0514. The standard InChI is InChI=1S/C46H46O4/c1-5-38-29-35(13-14-36-17-22-43-33-45(50-34(3)4)26-24-41(43)30-36)15-19-39(38)20-16-37-18-21-42-32-44(25-23-40(42)31-37)48-27-11-9-7-8-10-12-28-49-46(47)6-2/h6,15,17-19,21-26,29-34H,2,5,7-12,27-28H2,1,3-4H3. The van der Waals surface area contributed by atoms with Crippen molar-refractivity contribution in [2.75, 3.05) is 13.2 Å². The Balaban J connectivity index is 1.13. The van der Waals surface area contributed by atoms with Gasteiger partial charge in [-0.3, -0.25) is 0 Å². The summed E-state index contributed by atoms with van der Waals surface area (Å²) >= 11 is 0. The number of unbranched alkanes of at least 4 members (excludes halogenated alkanes) is 5. The summed E-state index contributed by atoms with van der Waals surface area (Å²) in [7, 11) is 0. The van der Waals surface area contributed by atoms with Gasteiger partial charge < -0.3 is 14.2 Å². The largest absolute Gasteiger partial charge is 0.494 e. The van der Waals surface area contributed by atoms with E-state index in [1.165, 1.54) is 11.6 Å². The number of aryl methyl sites for hydroxylation is 1. The van der Waals surface area contributed by atoms with Crippen molar-refractivity contribution in [2.24, 2.45) is 0 Å². The molecular weight excluding hydrogens is 617 g/mol. The molecule has 5 aromatic rings. The van der Waals surface area contributed by atoms with Crippen molar-refractivity contribution < 1.29 is 19.0 Å². The SMILES string of the molecule is C=CC(=O)OCCCCCCCCOc1ccc2cc(C#Cc3ccc(C#Cc4ccc5cc(OC(C)C)ccc5c4)cc3CC)ccc2c1. The molecule has 0 saturated heterocycles. The van der Waals surface area contributed by atoms with Crippen molar-refractivity contribution in [1.82, 2.24) is 0 Å². The number of ether oxygens (including phenoxy) is 3. The third-order valence-corrected chi connectivity index (χ3v) is 8.39. The third-order valence-electron chi connectivity index (χ3n) is 8.39. The Kier molecular flexibility index (Phi) is 13.2. The van der Waals surface area contributed by atoms with Crippen molar-refractivity contribution in [1.29, 1.82) is 0 Å². The first-order valence-corrected chi connectivity index (χ1v) is 17.7. The van der Waals surface area contributed by atoms with E-state index < -0.39 is 0 Å². The molecule has 5 aromatic carbocycles. The maximum atomic E-state index is 11.0. The predicted molar refractivity (Wildman–Crippen MR) is 206 cm³/mol. The van der Waals surface area contributed by atoms with E-state index in [0.717, 1.165) is 100 Å². The van der Waals surface area contributed by atoms with Crippen molar-refractivity contribution in [2.45, 2.75) is 71.8 Å². The van der Waals surface area contributed by atoms with E-state index in [1.54, 1.807) is 0 Å². The summed E-state index contributed by atoms with van der Waals surface area (Å²) in [5.41, 5.74) is 5.17. The molecule has 0 fully saturated rings. The van der Waals surface area contributed by atoms with E-state index >= 15 is 0 Å². The minimum atomic E-state index is -0.346. The molecule has 0 aliphatic carbocycles. The molecule has 0 aromatic heterocycles.